The summed E-state index contributed by atoms with van der Waals surface area (Å²) in [6, 6.07) is 16.0. The Morgan fingerprint density at radius 3 is 2.07 bits per heavy atom. The summed E-state index contributed by atoms with van der Waals surface area (Å²) < 4.78 is 5.65. The molecule has 1 heterocycles. The number of aromatic nitrogens is 3. The fraction of sp³-hybridized carbons (Fsp3) is 0.286. The third kappa shape index (κ3) is 5.41. The van der Waals surface area contributed by atoms with Crippen LogP contribution < -0.4 is 15.4 Å². The molecule has 0 radical (unpaired) electrons. The normalized spacial score (nSPS) is 10.9. The Bertz CT molecular complexity index is 861. The third-order valence-corrected chi connectivity index (χ3v) is 3.89. The SMILES string of the molecule is CC(C)Oc1ccc(Nc2nncc(Nc3ccc(C(C)C)cc3)n2)cc1. The lowest BCUT2D eigenvalue weighted by Gasteiger charge is -2.11. The number of nitrogens with zero attached hydrogens (tertiary/aromatic N) is 3. The quantitative estimate of drug-likeness (QED) is 0.596. The molecule has 0 aliphatic heterocycles. The molecule has 0 bridgehead atoms. The van der Waals surface area contributed by atoms with Gasteiger partial charge < -0.3 is 15.4 Å². The number of ether oxygens (including phenoxy) is 1. The third-order valence-electron chi connectivity index (χ3n) is 3.89. The first kappa shape index (κ1) is 18.6. The van der Waals surface area contributed by atoms with E-state index < -0.39 is 0 Å². The van der Waals surface area contributed by atoms with Crippen molar-refractivity contribution in [3.8, 4) is 5.75 Å². The van der Waals surface area contributed by atoms with Crippen LogP contribution in [0.2, 0.25) is 0 Å². The number of hydrogen-bond acceptors (Lipinski definition) is 6. The molecular formula is C21H25N5O. The van der Waals surface area contributed by atoms with Gasteiger partial charge in [-0.1, -0.05) is 26.0 Å². The molecule has 3 aromatic rings. The minimum absolute atomic E-state index is 0.147. The minimum atomic E-state index is 0.147. The Hall–Kier alpha value is -3.15. The number of rotatable bonds is 7. The van der Waals surface area contributed by atoms with E-state index in [9.17, 15) is 0 Å². The molecule has 140 valence electrons. The Balaban J connectivity index is 1.66. The van der Waals surface area contributed by atoms with Crippen molar-refractivity contribution in [1.82, 2.24) is 15.2 Å². The maximum atomic E-state index is 5.65. The van der Waals surface area contributed by atoms with Crippen molar-refractivity contribution < 1.29 is 4.74 Å². The van der Waals surface area contributed by atoms with Crippen LogP contribution in [0, 0.1) is 0 Å². The highest BCUT2D eigenvalue weighted by molar-refractivity contribution is 5.59. The first-order valence-electron chi connectivity index (χ1n) is 9.10. The van der Waals surface area contributed by atoms with Crippen LogP contribution >= 0.6 is 0 Å². The van der Waals surface area contributed by atoms with Crippen molar-refractivity contribution in [2.45, 2.75) is 39.7 Å². The summed E-state index contributed by atoms with van der Waals surface area (Å²) >= 11 is 0. The first-order chi connectivity index (χ1) is 13.0. The summed E-state index contributed by atoms with van der Waals surface area (Å²) in [5, 5.41) is 14.5. The lowest BCUT2D eigenvalue weighted by molar-refractivity contribution is 0.242. The Labute approximate surface area is 160 Å². The van der Waals surface area contributed by atoms with Crippen LogP contribution in [0.1, 0.15) is 39.2 Å². The van der Waals surface area contributed by atoms with Crippen molar-refractivity contribution in [3.05, 3.63) is 60.3 Å². The smallest absolute Gasteiger partial charge is 0.249 e. The maximum Gasteiger partial charge on any atom is 0.249 e. The van der Waals surface area contributed by atoms with Crippen molar-refractivity contribution in [2.24, 2.45) is 0 Å². The zero-order valence-corrected chi connectivity index (χ0v) is 16.1. The van der Waals surface area contributed by atoms with E-state index in [2.05, 4.69) is 51.8 Å². The molecule has 0 unspecified atom stereocenters. The molecule has 0 fully saturated rings. The van der Waals surface area contributed by atoms with Gasteiger partial charge in [-0.2, -0.15) is 10.1 Å². The van der Waals surface area contributed by atoms with Gasteiger partial charge in [0.25, 0.3) is 0 Å². The molecule has 1 aromatic heterocycles. The summed E-state index contributed by atoms with van der Waals surface area (Å²) in [7, 11) is 0. The van der Waals surface area contributed by atoms with Gasteiger partial charge in [0.15, 0.2) is 5.82 Å². The average molecular weight is 363 g/mol. The maximum absolute atomic E-state index is 5.65. The van der Waals surface area contributed by atoms with E-state index in [-0.39, 0.29) is 6.10 Å². The summed E-state index contributed by atoms with van der Waals surface area (Å²) in [6.07, 6.45) is 1.75. The first-order valence-corrected chi connectivity index (χ1v) is 9.10. The number of benzene rings is 2. The van der Waals surface area contributed by atoms with Gasteiger partial charge in [-0.3, -0.25) is 0 Å². The molecule has 6 heteroatoms. The summed E-state index contributed by atoms with van der Waals surface area (Å²) in [5.41, 5.74) is 3.13. The molecule has 2 N–H and O–H groups in total. The molecule has 0 spiro atoms. The minimum Gasteiger partial charge on any atom is -0.491 e. The highest BCUT2D eigenvalue weighted by Crippen LogP contribution is 2.21. The van der Waals surface area contributed by atoms with Crippen LogP contribution in [0.5, 0.6) is 5.75 Å². The van der Waals surface area contributed by atoms with Crippen LogP contribution in [-0.4, -0.2) is 21.3 Å². The largest absolute Gasteiger partial charge is 0.491 e. The number of nitrogens with one attached hydrogen (secondary N) is 2. The molecule has 0 saturated heterocycles. The lowest BCUT2D eigenvalue weighted by Crippen LogP contribution is -2.05. The Kier molecular flexibility index (Phi) is 5.86. The molecule has 0 aliphatic rings. The van der Waals surface area contributed by atoms with E-state index in [1.165, 1.54) is 5.56 Å². The Morgan fingerprint density at radius 1 is 0.815 bits per heavy atom. The van der Waals surface area contributed by atoms with Crippen molar-refractivity contribution in [3.63, 3.8) is 0 Å². The van der Waals surface area contributed by atoms with Gasteiger partial charge in [-0.05, 0) is 61.7 Å². The predicted molar refractivity (Wildman–Crippen MR) is 109 cm³/mol. The molecule has 3 rings (SSSR count). The van der Waals surface area contributed by atoms with Crippen molar-refractivity contribution in [2.75, 3.05) is 10.6 Å². The Morgan fingerprint density at radius 2 is 1.44 bits per heavy atom. The van der Waals surface area contributed by atoms with Crippen LogP contribution in [0.15, 0.2) is 54.7 Å². The number of anilines is 4. The van der Waals surface area contributed by atoms with E-state index in [1.807, 2.05) is 50.2 Å². The van der Waals surface area contributed by atoms with Crippen LogP contribution in [0.4, 0.5) is 23.1 Å². The molecule has 0 saturated carbocycles. The summed E-state index contributed by atoms with van der Waals surface area (Å²) in [5.74, 6) is 2.39. The van der Waals surface area contributed by atoms with E-state index in [0.717, 1.165) is 17.1 Å². The van der Waals surface area contributed by atoms with Gasteiger partial charge in [-0.25, -0.2) is 0 Å². The van der Waals surface area contributed by atoms with Crippen LogP contribution in [0.3, 0.4) is 0 Å². The molecule has 0 aliphatic carbocycles. The summed E-state index contributed by atoms with van der Waals surface area (Å²) in [6.45, 7) is 8.35. The zero-order valence-electron chi connectivity index (χ0n) is 16.1. The highest BCUT2D eigenvalue weighted by atomic mass is 16.5. The standard InChI is InChI=1S/C21H25N5O/c1-14(2)16-5-7-17(8-6-16)23-20-13-22-26-21(25-20)24-18-9-11-19(12-10-18)27-15(3)4/h5-15H,1-4H3,(H2,23,24,25,26). The highest BCUT2D eigenvalue weighted by Gasteiger charge is 2.04. The van der Waals surface area contributed by atoms with E-state index in [0.29, 0.717) is 17.7 Å². The van der Waals surface area contributed by atoms with Crippen molar-refractivity contribution >= 4 is 23.1 Å². The molecule has 2 aromatic carbocycles. The number of hydrogen-bond donors (Lipinski definition) is 2. The fourth-order valence-corrected chi connectivity index (χ4v) is 2.53. The van der Waals surface area contributed by atoms with Gasteiger partial charge >= 0.3 is 0 Å². The fourth-order valence-electron chi connectivity index (χ4n) is 2.53. The predicted octanol–water partition coefficient (Wildman–Crippen LogP) is 5.27. The van der Waals surface area contributed by atoms with Crippen molar-refractivity contribution in [1.29, 1.82) is 0 Å². The topological polar surface area (TPSA) is 72.0 Å². The monoisotopic (exact) mass is 363 g/mol. The molecule has 0 atom stereocenters. The van der Waals surface area contributed by atoms with E-state index >= 15 is 0 Å². The van der Waals surface area contributed by atoms with Gasteiger partial charge in [0.1, 0.15) is 5.75 Å². The molecule has 0 amide bonds. The second-order valence-corrected chi connectivity index (χ2v) is 6.88. The van der Waals surface area contributed by atoms with Gasteiger partial charge in [0.05, 0.1) is 12.3 Å². The van der Waals surface area contributed by atoms with E-state index in [1.54, 1.807) is 6.20 Å². The lowest BCUT2D eigenvalue weighted by atomic mass is 10.0. The van der Waals surface area contributed by atoms with Gasteiger partial charge in [0, 0.05) is 11.4 Å². The second-order valence-electron chi connectivity index (χ2n) is 6.88. The van der Waals surface area contributed by atoms with Crippen LogP contribution in [-0.2, 0) is 0 Å². The van der Waals surface area contributed by atoms with E-state index in [4.69, 9.17) is 4.74 Å². The van der Waals surface area contributed by atoms with Crippen LogP contribution in [0.25, 0.3) is 0 Å². The molecular weight excluding hydrogens is 338 g/mol. The van der Waals surface area contributed by atoms with Gasteiger partial charge in [0.2, 0.25) is 5.95 Å². The molecule has 6 nitrogen and oxygen atoms in total. The molecule has 27 heavy (non-hydrogen) atoms. The van der Waals surface area contributed by atoms with Gasteiger partial charge in [-0.15, -0.1) is 5.10 Å². The summed E-state index contributed by atoms with van der Waals surface area (Å²) in [4.78, 5) is 4.46. The second kappa shape index (κ2) is 8.49. The average Bonchev–Trinajstić information content (AvgIpc) is 2.64. The zero-order chi connectivity index (χ0) is 19.2.